The Hall–Kier alpha value is -0.190. The van der Waals surface area contributed by atoms with Crippen LogP contribution >= 0.6 is 27.3 Å². The fourth-order valence-electron chi connectivity index (χ4n) is 1.41. The molecule has 0 aromatic carbocycles. The average molecular weight is 290 g/mol. The van der Waals surface area contributed by atoms with Gasteiger partial charge in [-0.05, 0) is 52.7 Å². The second-order valence-corrected chi connectivity index (χ2v) is 5.51. The molecule has 4 heteroatoms. The first-order valence-corrected chi connectivity index (χ1v) is 6.78. The van der Waals surface area contributed by atoms with E-state index in [9.17, 15) is 4.79 Å². The molecule has 2 N–H and O–H groups in total. The number of hydrogen-bond acceptors (Lipinski definition) is 3. The fraction of sp³-hybridized carbons (Fsp3) is 0.545. The molecule has 84 valence electrons. The summed E-state index contributed by atoms with van der Waals surface area (Å²) in [6.07, 6.45) is 2.56. The highest BCUT2D eigenvalue weighted by Gasteiger charge is 2.12. The topological polar surface area (TPSA) is 43.1 Å². The van der Waals surface area contributed by atoms with Crippen molar-refractivity contribution in [2.24, 2.45) is 11.7 Å². The van der Waals surface area contributed by atoms with E-state index in [0.29, 0.717) is 18.9 Å². The summed E-state index contributed by atoms with van der Waals surface area (Å²) in [6, 6.07) is 1.92. The molecule has 1 unspecified atom stereocenters. The van der Waals surface area contributed by atoms with E-state index < -0.39 is 0 Å². The fourth-order valence-corrected chi connectivity index (χ4v) is 2.98. The van der Waals surface area contributed by atoms with Crippen molar-refractivity contribution in [1.29, 1.82) is 0 Å². The molecule has 0 aliphatic heterocycles. The van der Waals surface area contributed by atoms with Gasteiger partial charge in [0.25, 0.3) is 0 Å². The number of rotatable bonds is 6. The number of hydrogen-bond donors (Lipinski definition) is 1. The molecular formula is C11H16BrNOS. The number of Topliss-reactive ketones (excluding diaryl/α,β-unsaturated/α-hetero) is 1. The van der Waals surface area contributed by atoms with Gasteiger partial charge in [0.2, 0.25) is 0 Å². The monoisotopic (exact) mass is 289 g/mol. The van der Waals surface area contributed by atoms with E-state index in [0.717, 1.165) is 22.2 Å². The molecule has 1 aromatic heterocycles. The summed E-state index contributed by atoms with van der Waals surface area (Å²) in [5, 5.41) is 1.93. The highest BCUT2D eigenvalue weighted by molar-refractivity contribution is 9.10. The predicted octanol–water partition coefficient (Wildman–Crippen LogP) is 3.46. The molecule has 1 heterocycles. The van der Waals surface area contributed by atoms with Crippen LogP contribution in [0.2, 0.25) is 0 Å². The molecule has 15 heavy (non-hydrogen) atoms. The van der Waals surface area contributed by atoms with Gasteiger partial charge < -0.3 is 5.73 Å². The average Bonchev–Trinajstić information content (AvgIpc) is 2.61. The molecule has 0 saturated carbocycles. The van der Waals surface area contributed by atoms with Crippen LogP contribution in [0, 0.1) is 5.92 Å². The van der Waals surface area contributed by atoms with E-state index >= 15 is 0 Å². The van der Waals surface area contributed by atoms with E-state index in [-0.39, 0.29) is 5.78 Å². The summed E-state index contributed by atoms with van der Waals surface area (Å²) >= 11 is 4.88. The number of carbonyl (C=O) groups is 1. The number of carbonyl (C=O) groups excluding carboxylic acids is 1. The van der Waals surface area contributed by atoms with Gasteiger partial charge in [-0.3, -0.25) is 4.79 Å². The molecule has 2 nitrogen and oxygen atoms in total. The Morgan fingerprint density at radius 3 is 2.87 bits per heavy atom. The van der Waals surface area contributed by atoms with Gasteiger partial charge in [-0.2, -0.15) is 0 Å². The first-order chi connectivity index (χ1) is 7.15. The van der Waals surface area contributed by atoms with Crippen molar-refractivity contribution < 1.29 is 4.79 Å². The minimum Gasteiger partial charge on any atom is -0.330 e. The smallest absolute Gasteiger partial charge is 0.173 e. The lowest BCUT2D eigenvalue weighted by Gasteiger charge is -2.08. The van der Waals surface area contributed by atoms with Crippen molar-refractivity contribution in [1.82, 2.24) is 0 Å². The second kappa shape index (κ2) is 6.40. The predicted molar refractivity (Wildman–Crippen MR) is 68.4 cm³/mol. The number of halogens is 1. The molecule has 0 aliphatic rings. The van der Waals surface area contributed by atoms with Crippen molar-refractivity contribution in [3.63, 3.8) is 0 Å². The van der Waals surface area contributed by atoms with Crippen LogP contribution in [-0.2, 0) is 0 Å². The van der Waals surface area contributed by atoms with Crippen LogP contribution in [0.3, 0.4) is 0 Å². The zero-order valence-electron chi connectivity index (χ0n) is 8.83. The van der Waals surface area contributed by atoms with Crippen molar-refractivity contribution >= 4 is 33.0 Å². The Balaban J connectivity index is 2.40. The number of ketones is 1. The minimum absolute atomic E-state index is 0.237. The number of nitrogens with two attached hydrogens (primary N) is 1. The Morgan fingerprint density at radius 2 is 2.33 bits per heavy atom. The Labute approximate surface area is 103 Å². The van der Waals surface area contributed by atoms with Gasteiger partial charge in [0, 0.05) is 10.9 Å². The molecule has 1 aromatic rings. The van der Waals surface area contributed by atoms with E-state index in [1.807, 2.05) is 11.4 Å². The van der Waals surface area contributed by atoms with E-state index in [1.165, 1.54) is 11.3 Å². The van der Waals surface area contributed by atoms with Crippen LogP contribution in [0.15, 0.2) is 15.9 Å². The third-order valence-corrected chi connectivity index (χ3v) is 4.27. The lowest BCUT2D eigenvalue weighted by atomic mass is 10.00. The van der Waals surface area contributed by atoms with Crippen molar-refractivity contribution in [3.05, 3.63) is 20.8 Å². The van der Waals surface area contributed by atoms with Crippen molar-refractivity contribution in [2.75, 3.05) is 6.54 Å². The van der Waals surface area contributed by atoms with Gasteiger partial charge in [0.05, 0.1) is 4.88 Å². The highest BCUT2D eigenvalue weighted by atomic mass is 79.9. The summed E-state index contributed by atoms with van der Waals surface area (Å²) in [5.74, 6) is 0.776. The summed E-state index contributed by atoms with van der Waals surface area (Å²) in [6.45, 7) is 2.85. The standard InChI is InChI=1S/C11H16BrNOS/c1-8(4-6-13)2-3-10(14)11-9(12)5-7-15-11/h5,7-8H,2-4,6,13H2,1H3. The first kappa shape index (κ1) is 12.9. The summed E-state index contributed by atoms with van der Waals surface area (Å²) in [5.41, 5.74) is 5.46. The molecule has 0 spiro atoms. The lowest BCUT2D eigenvalue weighted by molar-refractivity contribution is 0.0977. The van der Waals surface area contributed by atoms with Gasteiger partial charge in [-0.25, -0.2) is 0 Å². The molecule has 0 saturated heterocycles. The van der Waals surface area contributed by atoms with Crippen LogP contribution in [0.5, 0.6) is 0 Å². The van der Waals surface area contributed by atoms with E-state index in [1.54, 1.807) is 0 Å². The van der Waals surface area contributed by atoms with Crippen LogP contribution < -0.4 is 5.73 Å². The van der Waals surface area contributed by atoms with Crippen LogP contribution in [0.1, 0.15) is 35.9 Å². The molecule has 0 aliphatic carbocycles. The SMILES string of the molecule is CC(CCN)CCC(=O)c1sccc1Br. The molecule has 0 fully saturated rings. The Bertz CT molecular complexity index is 324. The molecular weight excluding hydrogens is 274 g/mol. The molecule has 0 bridgehead atoms. The van der Waals surface area contributed by atoms with E-state index in [2.05, 4.69) is 22.9 Å². The maximum Gasteiger partial charge on any atom is 0.173 e. The van der Waals surface area contributed by atoms with Gasteiger partial charge in [-0.15, -0.1) is 11.3 Å². The van der Waals surface area contributed by atoms with Gasteiger partial charge in [-0.1, -0.05) is 6.92 Å². The van der Waals surface area contributed by atoms with Crippen LogP contribution in [0.25, 0.3) is 0 Å². The molecule has 0 radical (unpaired) electrons. The highest BCUT2D eigenvalue weighted by Crippen LogP contribution is 2.25. The molecule has 0 amide bonds. The van der Waals surface area contributed by atoms with Crippen molar-refractivity contribution in [2.45, 2.75) is 26.2 Å². The van der Waals surface area contributed by atoms with Gasteiger partial charge in [0.15, 0.2) is 5.78 Å². The Morgan fingerprint density at radius 1 is 1.60 bits per heavy atom. The maximum absolute atomic E-state index is 11.8. The first-order valence-electron chi connectivity index (χ1n) is 5.11. The molecule has 1 rings (SSSR count). The van der Waals surface area contributed by atoms with Crippen molar-refractivity contribution in [3.8, 4) is 0 Å². The zero-order chi connectivity index (χ0) is 11.3. The second-order valence-electron chi connectivity index (χ2n) is 3.74. The van der Waals surface area contributed by atoms with Crippen LogP contribution in [-0.4, -0.2) is 12.3 Å². The Kier molecular flexibility index (Phi) is 5.50. The van der Waals surface area contributed by atoms with Crippen LogP contribution in [0.4, 0.5) is 0 Å². The third-order valence-electron chi connectivity index (χ3n) is 2.39. The molecule has 1 atom stereocenters. The zero-order valence-corrected chi connectivity index (χ0v) is 11.2. The quantitative estimate of drug-likeness (QED) is 0.815. The lowest BCUT2D eigenvalue weighted by Crippen LogP contribution is -2.07. The van der Waals surface area contributed by atoms with Gasteiger partial charge in [0.1, 0.15) is 0 Å². The maximum atomic E-state index is 11.8. The summed E-state index contributed by atoms with van der Waals surface area (Å²) in [7, 11) is 0. The van der Waals surface area contributed by atoms with Gasteiger partial charge >= 0.3 is 0 Å². The minimum atomic E-state index is 0.237. The third kappa shape index (κ3) is 4.05. The van der Waals surface area contributed by atoms with E-state index in [4.69, 9.17) is 5.73 Å². The summed E-state index contributed by atoms with van der Waals surface area (Å²) < 4.78 is 0.920. The number of thiophene rings is 1. The summed E-state index contributed by atoms with van der Waals surface area (Å²) in [4.78, 5) is 12.6. The normalized spacial score (nSPS) is 12.7. The largest absolute Gasteiger partial charge is 0.330 e.